The van der Waals surface area contributed by atoms with Crippen LogP contribution in [0, 0.1) is 0 Å². The predicted octanol–water partition coefficient (Wildman–Crippen LogP) is 5.77. The van der Waals surface area contributed by atoms with Crippen LogP contribution in [0.2, 0.25) is 0 Å². The number of thiocarbonyl (C=S) groups is 1. The lowest BCUT2D eigenvalue weighted by Crippen LogP contribution is -2.36. The Morgan fingerprint density at radius 1 is 1.20 bits per heavy atom. The summed E-state index contributed by atoms with van der Waals surface area (Å²) in [6, 6.07) is 9.14. The molecule has 3 rings (SSSR count). The first-order valence-corrected chi connectivity index (χ1v) is 9.08. The van der Waals surface area contributed by atoms with Crippen molar-refractivity contribution in [3.05, 3.63) is 45.6 Å². The van der Waals surface area contributed by atoms with Gasteiger partial charge in [-0.3, -0.25) is 0 Å². The van der Waals surface area contributed by atoms with E-state index in [2.05, 4.69) is 54.2 Å². The zero-order valence-electron chi connectivity index (χ0n) is 11.9. The molecule has 1 nitrogen and oxygen atoms in total. The van der Waals surface area contributed by atoms with Crippen LogP contribution >= 0.6 is 40.1 Å². The molecule has 1 aliphatic heterocycles. The molecular weight excluding hydrogens is 350 g/mol. The molecule has 1 aromatic carbocycles. The summed E-state index contributed by atoms with van der Waals surface area (Å²) < 4.78 is 3.18. The quantitative estimate of drug-likeness (QED) is 0.369. The summed E-state index contributed by atoms with van der Waals surface area (Å²) >= 11 is 11.0. The van der Waals surface area contributed by atoms with E-state index in [1.165, 1.54) is 36.8 Å². The van der Waals surface area contributed by atoms with E-state index in [1.54, 1.807) is 5.70 Å². The van der Waals surface area contributed by atoms with E-state index in [0.717, 1.165) is 12.6 Å². The summed E-state index contributed by atoms with van der Waals surface area (Å²) in [6.45, 7) is 2.32. The molecule has 1 aliphatic carbocycles. The molecule has 2 atom stereocenters. The standard InChI is InChI=1S/C16H19BrNS2/c1-11(12-7-9-13(17)10-8-12)18(2)15-6-4-3-5-14(15)16(19)20-18/h7-11H,3-6H2,1-2H3/q+1/t11-,18?/m1/s1. The van der Waals surface area contributed by atoms with E-state index in [9.17, 15) is 0 Å². The average molecular weight is 369 g/mol. The number of nitrogens with zero attached hydrogens (tertiary/aromatic N) is 1. The fourth-order valence-electron chi connectivity index (χ4n) is 3.22. The summed E-state index contributed by atoms with van der Waals surface area (Å²) in [5.74, 6) is 0. The number of hydrogen-bond acceptors (Lipinski definition) is 2. The topological polar surface area (TPSA) is 0 Å². The number of benzene rings is 1. The number of quaternary nitrogens is 1. The predicted molar refractivity (Wildman–Crippen MR) is 94.4 cm³/mol. The Bertz CT molecular complexity index is 579. The van der Waals surface area contributed by atoms with Crippen LogP contribution in [0.1, 0.15) is 44.2 Å². The van der Waals surface area contributed by atoms with Gasteiger partial charge in [-0.2, -0.15) is 0 Å². The summed E-state index contributed by atoms with van der Waals surface area (Å²) in [7, 11) is 2.33. The van der Waals surface area contributed by atoms with Crippen molar-refractivity contribution in [1.29, 1.82) is 0 Å². The van der Waals surface area contributed by atoms with Crippen molar-refractivity contribution >= 4 is 44.3 Å². The summed E-state index contributed by atoms with van der Waals surface area (Å²) in [4.78, 5) is 0. The number of allylic oxidation sites excluding steroid dienone is 1. The first-order chi connectivity index (χ1) is 9.52. The molecule has 106 valence electrons. The van der Waals surface area contributed by atoms with E-state index in [0.29, 0.717) is 6.04 Å². The van der Waals surface area contributed by atoms with E-state index in [-0.39, 0.29) is 0 Å². The Balaban J connectivity index is 1.98. The third kappa shape index (κ3) is 2.41. The molecule has 0 bridgehead atoms. The van der Waals surface area contributed by atoms with Crippen molar-refractivity contribution in [2.24, 2.45) is 0 Å². The molecular formula is C16H19BrNS2+. The molecule has 0 radical (unpaired) electrons. The monoisotopic (exact) mass is 368 g/mol. The molecule has 0 N–H and O–H groups in total. The van der Waals surface area contributed by atoms with Crippen molar-refractivity contribution in [3.63, 3.8) is 0 Å². The van der Waals surface area contributed by atoms with Gasteiger partial charge in [0.1, 0.15) is 27.9 Å². The van der Waals surface area contributed by atoms with Crippen LogP contribution in [0.4, 0.5) is 0 Å². The van der Waals surface area contributed by atoms with Gasteiger partial charge in [0.05, 0.1) is 7.05 Å². The van der Waals surface area contributed by atoms with Gasteiger partial charge in [-0.15, -0.1) is 0 Å². The maximum absolute atomic E-state index is 5.64. The molecule has 0 amide bonds. The third-order valence-electron chi connectivity index (χ3n) is 4.59. The number of hydrogen-bond donors (Lipinski definition) is 0. The lowest BCUT2D eigenvalue weighted by molar-refractivity contribution is -0.765. The highest BCUT2D eigenvalue weighted by Gasteiger charge is 2.47. The minimum atomic E-state index is 0.427. The Morgan fingerprint density at radius 3 is 2.55 bits per heavy atom. The Morgan fingerprint density at radius 2 is 1.85 bits per heavy atom. The lowest BCUT2D eigenvalue weighted by Gasteiger charge is -2.36. The van der Waals surface area contributed by atoms with Gasteiger partial charge in [0, 0.05) is 22.0 Å². The SMILES string of the molecule is C[C@H](c1ccc(Br)cc1)[N+]1(C)SC(=S)C2=C1CCCC2. The normalized spacial score (nSPS) is 27.6. The van der Waals surface area contributed by atoms with Crippen LogP contribution in [0.25, 0.3) is 0 Å². The first kappa shape index (κ1) is 14.8. The molecule has 1 aromatic rings. The van der Waals surface area contributed by atoms with E-state index in [4.69, 9.17) is 12.2 Å². The highest BCUT2D eigenvalue weighted by atomic mass is 79.9. The van der Waals surface area contributed by atoms with Gasteiger partial charge in [-0.1, -0.05) is 40.3 Å². The minimum absolute atomic E-state index is 0.427. The fourth-order valence-corrected chi connectivity index (χ4v) is 5.44. The molecule has 0 fully saturated rings. The fraction of sp³-hybridized carbons (Fsp3) is 0.438. The van der Waals surface area contributed by atoms with Crippen LogP contribution in [-0.2, 0) is 0 Å². The zero-order chi connectivity index (χ0) is 14.3. The van der Waals surface area contributed by atoms with Crippen molar-refractivity contribution in [3.8, 4) is 0 Å². The van der Waals surface area contributed by atoms with Crippen molar-refractivity contribution < 1.29 is 3.89 Å². The van der Waals surface area contributed by atoms with Gasteiger partial charge in [-0.25, -0.2) is 3.89 Å². The summed E-state index contributed by atoms with van der Waals surface area (Å²) in [5, 5.41) is 0. The maximum Gasteiger partial charge on any atom is 0.138 e. The van der Waals surface area contributed by atoms with Crippen molar-refractivity contribution in [2.75, 3.05) is 7.05 Å². The second kappa shape index (κ2) is 5.56. The van der Waals surface area contributed by atoms with E-state index >= 15 is 0 Å². The van der Waals surface area contributed by atoms with Crippen LogP contribution in [0.15, 0.2) is 40.0 Å². The molecule has 0 saturated carbocycles. The number of rotatable bonds is 2. The van der Waals surface area contributed by atoms with E-state index < -0.39 is 0 Å². The van der Waals surface area contributed by atoms with Gasteiger partial charge in [0.15, 0.2) is 0 Å². The second-order valence-electron chi connectivity index (χ2n) is 5.73. The minimum Gasteiger partial charge on any atom is -0.224 e. The Hall–Kier alpha value is -0.160. The van der Waals surface area contributed by atoms with Crippen molar-refractivity contribution in [1.82, 2.24) is 0 Å². The summed E-state index contributed by atoms with van der Waals surface area (Å²) in [5.41, 5.74) is 4.43. The molecule has 0 aromatic heterocycles. The maximum atomic E-state index is 5.64. The molecule has 1 unspecified atom stereocenters. The smallest absolute Gasteiger partial charge is 0.138 e. The Labute approximate surface area is 139 Å². The highest BCUT2D eigenvalue weighted by Crippen LogP contribution is 2.52. The van der Waals surface area contributed by atoms with Crippen LogP contribution in [0.5, 0.6) is 0 Å². The van der Waals surface area contributed by atoms with Crippen LogP contribution < -0.4 is 0 Å². The van der Waals surface area contributed by atoms with Crippen LogP contribution in [-0.4, -0.2) is 15.1 Å². The molecule has 0 spiro atoms. The second-order valence-corrected chi connectivity index (χ2v) is 8.66. The average Bonchev–Trinajstić information content (AvgIpc) is 2.72. The Kier molecular flexibility index (Phi) is 4.10. The molecule has 2 aliphatic rings. The largest absolute Gasteiger partial charge is 0.224 e. The number of halogens is 1. The molecule has 1 heterocycles. The molecule has 20 heavy (non-hydrogen) atoms. The highest BCUT2D eigenvalue weighted by molar-refractivity contribution is 9.10. The molecule has 4 heteroatoms. The van der Waals surface area contributed by atoms with Gasteiger partial charge in [0.2, 0.25) is 0 Å². The zero-order valence-corrected chi connectivity index (χ0v) is 15.1. The molecule has 0 saturated heterocycles. The first-order valence-electron chi connectivity index (χ1n) is 7.10. The van der Waals surface area contributed by atoms with E-state index in [1.807, 2.05) is 11.9 Å². The summed E-state index contributed by atoms with van der Waals surface area (Å²) in [6.07, 6.45) is 5.00. The van der Waals surface area contributed by atoms with Crippen molar-refractivity contribution in [2.45, 2.75) is 38.6 Å². The van der Waals surface area contributed by atoms with Gasteiger partial charge >= 0.3 is 0 Å². The third-order valence-corrected chi connectivity index (χ3v) is 6.91. The van der Waals surface area contributed by atoms with Gasteiger partial charge in [0.25, 0.3) is 0 Å². The van der Waals surface area contributed by atoms with Crippen LogP contribution in [0.3, 0.4) is 0 Å². The van der Waals surface area contributed by atoms with Gasteiger partial charge < -0.3 is 0 Å². The lowest BCUT2D eigenvalue weighted by atomic mass is 9.95. The van der Waals surface area contributed by atoms with Gasteiger partial charge in [-0.05, 0) is 38.3 Å².